The van der Waals surface area contributed by atoms with Gasteiger partial charge < -0.3 is 16.0 Å². The molecular formula is C18H27N3O2. The van der Waals surface area contributed by atoms with E-state index in [-0.39, 0.29) is 23.9 Å². The molecule has 1 aliphatic rings. The van der Waals surface area contributed by atoms with Crippen LogP contribution in [0.1, 0.15) is 48.9 Å². The lowest BCUT2D eigenvalue weighted by atomic mass is 9.94. The third-order valence-corrected chi connectivity index (χ3v) is 4.54. The Hall–Kier alpha value is -2.04. The summed E-state index contributed by atoms with van der Waals surface area (Å²) in [7, 11) is 0. The van der Waals surface area contributed by atoms with Crippen molar-refractivity contribution < 1.29 is 9.59 Å². The number of hydrogen-bond acceptors (Lipinski definition) is 2. The Morgan fingerprint density at radius 2 is 2.13 bits per heavy atom. The fourth-order valence-electron chi connectivity index (χ4n) is 3.28. The van der Waals surface area contributed by atoms with Crippen LogP contribution < -0.4 is 11.1 Å². The van der Waals surface area contributed by atoms with Gasteiger partial charge in [-0.2, -0.15) is 0 Å². The molecule has 1 aromatic carbocycles. The van der Waals surface area contributed by atoms with E-state index in [9.17, 15) is 9.59 Å². The Kier molecular flexibility index (Phi) is 5.64. The molecule has 1 aliphatic heterocycles. The predicted octanol–water partition coefficient (Wildman–Crippen LogP) is 2.66. The summed E-state index contributed by atoms with van der Waals surface area (Å²) in [6, 6.07) is 6.17. The van der Waals surface area contributed by atoms with E-state index in [0.29, 0.717) is 13.0 Å². The number of nitrogens with two attached hydrogens (primary N) is 1. The molecule has 1 aromatic rings. The summed E-state index contributed by atoms with van der Waals surface area (Å²) in [5, 5.41) is 3.08. The lowest BCUT2D eigenvalue weighted by molar-refractivity contribution is -0.119. The first-order valence-corrected chi connectivity index (χ1v) is 8.27. The van der Waals surface area contributed by atoms with Crippen LogP contribution in [0, 0.1) is 19.8 Å². The fourth-order valence-corrected chi connectivity index (χ4v) is 3.28. The third-order valence-electron chi connectivity index (χ3n) is 4.54. The van der Waals surface area contributed by atoms with Crippen LogP contribution in [0.25, 0.3) is 0 Å². The van der Waals surface area contributed by atoms with Crippen LogP contribution in [0.3, 0.4) is 0 Å². The Labute approximate surface area is 138 Å². The maximum absolute atomic E-state index is 12.5. The molecule has 1 fully saturated rings. The van der Waals surface area contributed by atoms with Crippen LogP contribution in [0.4, 0.5) is 4.79 Å². The van der Waals surface area contributed by atoms with E-state index in [2.05, 4.69) is 37.4 Å². The van der Waals surface area contributed by atoms with Crippen molar-refractivity contribution in [3.63, 3.8) is 0 Å². The van der Waals surface area contributed by atoms with Crippen LogP contribution >= 0.6 is 0 Å². The number of nitrogens with zero attached hydrogens (tertiary/aromatic N) is 1. The molecule has 126 valence electrons. The molecule has 0 unspecified atom stereocenters. The molecule has 0 bridgehead atoms. The molecule has 5 nitrogen and oxygen atoms in total. The number of piperidine rings is 1. The summed E-state index contributed by atoms with van der Waals surface area (Å²) in [6.07, 6.45) is 2.23. The smallest absolute Gasteiger partial charge is 0.317 e. The predicted molar refractivity (Wildman–Crippen MR) is 91.0 cm³/mol. The van der Waals surface area contributed by atoms with Gasteiger partial charge in [0.05, 0.1) is 6.04 Å². The number of aryl methyl sites for hydroxylation is 2. The van der Waals surface area contributed by atoms with E-state index in [4.69, 9.17) is 5.73 Å². The first kappa shape index (κ1) is 17.3. The van der Waals surface area contributed by atoms with Crippen molar-refractivity contribution in [3.05, 3.63) is 34.9 Å². The quantitative estimate of drug-likeness (QED) is 0.896. The summed E-state index contributed by atoms with van der Waals surface area (Å²) in [6.45, 7) is 7.46. The van der Waals surface area contributed by atoms with Crippen LogP contribution in [0.15, 0.2) is 18.2 Å². The number of carbonyl (C=O) groups excluding carboxylic acids is 2. The normalized spacial score (nSPS) is 19.3. The molecule has 3 N–H and O–H groups in total. The van der Waals surface area contributed by atoms with Crippen LogP contribution in [-0.2, 0) is 4.79 Å². The number of primary amides is 1. The number of likely N-dealkylation sites (tertiary alicyclic amines) is 1. The number of hydrogen-bond donors (Lipinski definition) is 2. The number of rotatable bonds is 4. The number of urea groups is 1. The summed E-state index contributed by atoms with van der Waals surface area (Å²) in [5.41, 5.74) is 8.78. The minimum Gasteiger partial charge on any atom is -0.370 e. The Bertz CT molecular complexity index is 586. The topological polar surface area (TPSA) is 75.4 Å². The van der Waals surface area contributed by atoms with E-state index in [1.165, 1.54) is 11.1 Å². The average molecular weight is 317 g/mol. The molecule has 0 saturated carbocycles. The molecule has 5 heteroatoms. The largest absolute Gasteiger partial charge is 0.370 e. The Balaban J connectivity index is 1.97. The van der Waals surface area contributed by atoms with Crippen molar-refractivity contribution in [1.82, 2.24) is 10.2 Å². The minimum atomic E-state index is -0.291. The highest BCUT2D eigenvalue weighted by molar-refractivity contribution is 5.76. The van der Waals surface area contributed by atoms with Gasteiger partial charge in [0.2, 0.25) is 5.91 Å². The highest BCUT2D eigenvalue weighted by Gasteiger charge is 2.25. The summed E-state index contributed by atoms with van der Waals surface area (Å²) in [5.74, 6) is -0.107. The van der Waals surface area contributed by atoms with Gasteiger partial charge in [-0.05, 0) is 50.7 Å². The number of carbonyl (C=O) groups is 2. The minimum absolute atomic E-state index is 0.0427. The number of nitrogens with one attached hydrogen (secondary N) is 1. The molecular weight excluding hydrogens is 290 g/mol. The van der Waals surface area contributed by atoms with Gasteiger partial charge in [-0.3, -0.25) is 4.79 Å². The first-order valence-electron chi connectivity index (χ1n) is 8.27. The zero-order valence-corrected chi connectivity index (χ0v) is 14.3. The van der Waals surface area contributed by atoms with Gasteiger partial charge in [0, 0.05) is 19.5 Å². The van der Waals surface area contributed by atoms with Crippen molar-refractivity contribution in [2.75, 3.05) is 13.1 Å². The second-order valence-corrected chi connectivity index (χ2v) is 6.66. The lowest BCUT2D eigenvalue weighted by Gasteiger charge is -2.33. The molecule has 0 radical (unpaired) electrons. The molecule has 23 heavy (non-hydrogen) atoms. The van der Waals surface area contributed by atoms with Gasteiger partial charge in [0.1, 0.15) is 0 Å². The van der Waals surface area contributed by atoms with Gasteiger partial charge >= 0.3 is 6.03 Å². The van der Waals surface area contributed by atoms with E-state index < -0.39 is 0 Å². The highest BCUT2D eigenvalue weighted by Crippen LogP contribution is 2.22. The molecule has 2 rings (SSSR count). The standard InChI is InChI=1S/C18H27N3O2/c1-12-6-7-13(2)16(9-12)14(3)20-18(23)21-8-4-5-15(11-21)10-17(19)22/h6-7,9,14-15H,4-5,8,10-11H2,1-3H3,(H2,19,22)(H,20,23)/t14-,15+/m1/s1. The maximum Gasteiger partial charge on any atom is 0.317 e. The van der Waals surface area contributed by atoms with Gasteiger partial charge in [-0.15, -0.1) is 0 Å². The van der Waals surface area contributed by atoms with Gasteiger partial charge in [-0.25, -0.2) is 4.79 Å². The molecule has 2 atom stereocenters. The van der Waals surface area contributed by atoms with Crippen molar-refractivity contribution in [2.45, 2.75) is 46.1 Å². The second-order valence-electron chi connectivity index (χ2n) is 6.66. The number of benzene rings is 1. The monoisotopic (exact) mass is 317 g/mol. The zero-order valence-electron chi connectivity index (χ0n) is 14.3. The van der Waals surface area contributed by atoms with Crippen molar-refractivity contribution >= 4 is 11.9 Å². The highest BCUT2D eigenvalue weighted by atomic mass is 16.2. The zero-order chi connectivity index (χ0) is 17.0. The van der Waals surface area contributed by atoms with Crippen molar-refractivity contribution in [3.8, 4) is 0 Å². The van der Waals surface area contributed by atoms with Crippen LogP contribution in [-0.4, -0.2) is 29.9 Å². The third kappa shape index (κ3) is 4.71. The van der Waals surface area contributed by atoms with E-state index in [1.54, 1.807) is 4.90 Å². The maximum atomic E-state index is 12.5. The van der Waals surface area contributed by atoms with E-state index in [1.807, 2.05) is 6.92 Å². The average Bonchev–Trinajstić information content (AvgIpc) is 2.49. The van der Waals surface area contributed by atoms with E-state index in [0.717, 1.165) is 24.9 Å². The molecule has 3 amide bonds. The number of amides is 3. The van der Waals surface area contributed by atoms with Crippen LogP contribution in [0.5, 0.6) is 0 Å². The van der Waals surface area contributed by atoms with Gasteiger partial charge in [0.15, 0.2) is 0 Å². The lowest BCUT2D eigenvalue weighted by Crippen LogP contribution is -2.46. The molecule has 0 aromatic heterocycles. The summed E-state index contributed by atoms with van der Waals surface area (Å²) < 4.78 is 0. The Morgan fingerprint density at radius 3 is 2.83 bits per heavy atom. The fraction of sp³-hybridized carbons (Fsp3) is 0.556. The van der Waals surface area contributed by atoms with Crippen LogP contribution in [0.2, 0.25) is 0 Å². The molecule has 0 aliphatic carbocycles. The van der Waals surface area contributed by atoms with Gasteiger partial charge in [-0.1, -0.05) is 23.8 Å². The first-order chi connectivity index (χ1) is 10.9. The summed E-state index contributed by atoms with van der Waals surface area (Å²) in [4.78, 5) is 25.4. The SMILES string of the molecule is Cc1ccc(C)c([C@@H](C)NC(=O)N2CCC[C@@H](CC(N)=O)C2)c1. The molecule has 1 saturated heterocycles. The second kappa shape index (κ2) is 7.49. The van der Waals surface area contributed by atoms with Gasteiger partial charge in [0.25, 0.3) is 0 Å². The van der Waals surface area contributed by atoms with Crippen molar-refractivity contribution in [1.29, 1.82) is 0 Å². The molecule has 1 heterocycles. The summed E-state index contributed by atoms with van der Waals surface area (Å²) >= 11 is 0. The van der Waals surface area contributed by atoms with E-state index >= 15 is 0 Å². The van der Waals surface area contributed by atoms with Crippen molar-refractivity contribution in [2.24, 2.45) is 11.7 Å². The Morgan fingerprint density at radius 1 is 1.39 bits per heavy atom. The molecule has 0 spiro atoms.